The van der Waals surface area contributed by atoms with Gasteiger partial charge in [-0.2, -0.15) is 0 Å². The zero-order valence-corrected chi connectivity index (χ0v) is 21.7. The van der Waals surface area contributed by atoms with Gasteiger partial charge in [-0.25, -0.2) is 12.4 Å². The van der Waals surface area contributed by atoms with Crippen LogP contribution >= 0.6 is 15.9 Å². The van der Waals surface area contributed by atoms with Crippen LogP contribution < -0.4 is 0 Å². The number of Topliss-reactive ketones (excluding diaryl/α,β-unsaturated/α-hetero) is 1. The van der Waals surface area contributed by atoms with Crippen LogP contribution in [-0.4, -0.2) is 29.6 Å². The van der Waals surface area contributed by atoms with Gasteiger partial charge in [0, 0.05) is 35.3 Å². The number of ketones is 1. The predicted molar refractivity (Wildman–Crippen MR) is 140 cm³/mol. The summed E-state index contributed by atoms with van der Waals surface area (Å²) in [7, 11) is -3.86. The number of rotatable bonds is 3. The first kappa shape index (κ1) is 22.7. The minimum Gasteiger partial charge on any atom is -0.300 e. The van der Waals surface area contributed by atoms with Crippen LogP contribution in [0.3, 0.4) is 0 Å². The molecular weight excluding hydrogens is 524 g/mol. The van der Waals surface area contributed by atoms with Crippen LogP contribution in [0.4, 0.5) is 0 Å². The third-order valence-corrected chi connectivity index (χ3v) is 9.64. The molecule has 1 fully saturated rings. The van der Waals surface area contributed by atoms with Gasteiger partial charge >= 0.3 is 0 Å². The van der Waals surface area contributed by atoms with E-state index in [0.29, 0.717) is 18.4 Å². The molecule has 2 atom stereocenters. The Kier molecular flexibility index (Phi) is 5.47. The van der Waals surface area contributed by atoms with E-state index in [1.165, 1.54) is 3.97 Å². The number of halogens is 1. The number of benzene rings is 3. The van der Waals surface area contributed by atoms with Crippen molar-refractivity contribution in [2.45, 2.75) is 43.2 Å². The van der Waals surface area contributed by atoms with E-state index in [2.05, 4.69) is 33.0 Å². The summed E-state index contributed by atoms with van der Waals surface area (Å²) in [4.78, 5) is 15.7. The number of aryl methyl sites for hydroxylation is 1. The van der Waals surface area contributed by atoms with Crippen LogP contribution in [0.5, 0.6) is 0 Å². The maximum Gasteiger partial charge on any atom is 0.268 e. The van der Waals surface area contributed by atoms with Crippen LogP contribution in [0, 0.1) is 6.92 Å². The highest BCUT2D eigenvalue weighted by Crippen LogP contribution is 2.47. The van der Waals surface area contributed by atoms with E-state index in [-0.39, 0.29) is 22.8 Å². The molecule has 0 bridgehead atoms. The van der Waals surface area contributed by atoms with E-state index in [1.807, 2.05) is 55.5 Å². The smallest absolute Gasteiger partial charge is 0.268 e. The second-order valence-electron chi connectivity index (χ2n) is 9.48. The molecular formula is C28H25BrN2O3S. The number of aromatic nitrogens is 1. The van der Waals surface area contributed by atoms with Crippen molar-refractivity contribution in [3.05, 3.63) is 99.7 Å². The van der Waals surface area contributed by atoms with Crippen LogP contribution in [0.2, 0.25) is 0 Å². The van der Waals surface area contributed by atoms with E-state index in [1.54, 1.807) is 12.1 Å². The fourth-order valence-corrected chi connectivity index (χ4v) is 7.60. The maximum absolute atomic E-state index is 14.1. The summed E-state index contributed by atoms with van der Waals surface area (Å²) in [5, 5.41) is 0.955. The Hall–Kier alpha value is -2.74. The topological polar surface area (TPSA) is 59.4 Å². The average Bonchev–Trinajstić information content (AvgIpc) is 3.20. The number of hydrogen-bond donors (Lipinski definition) is 0. The molecule has 35 heavy (non-hydrogen) atoms. The molecule has 178 valence electrons. The van der Waals surface area contributed by atoms with Crippen molar-refractivity contribution in [3.8, 4) is 0 Å². The fraction of sp³-hybridized carbons (Fsp3) is 0.250. The minimum absolute atomic E-state index is 0.0731. The Bertz CT molecular complexity index is 1560. The van der Waals surface area contributed by atoms with Crippen molar-refractivity contribution in [1.82, 2.24) is 8.87 Å². The third-order valence-electron chi connectivity index (χ3n) is 7.37. The summed E-state index contributed by atoms with van der Waals surface area (Å²) in [6, 6.07) is 22.4. The lowest BCUT2D eigenvalue weighted by Gasteiger charge is -2.45. The molecule has 1 aromatic heterocycles. The number of piperidine rings is 1. The predicted octanol–water partition coefficient (Wildman–Crippen LogP) is 5.95. The van der Waals surface area contributed by atoms with Crippen LogP contribution in [0.25, 0.3) is 10.9 Å². The number of nitrogens with zero attached hydrogens (tertiary/aromatic N) is 2. The molecule has 3 heterocycles. The van der Waals surface area contributed by atoms with E-state index >= 15 is 0 Å². The van der Waals surface area contributed by atoms with Gasteiger partial charge in [-0.3, -0.25) is 9.69 Å². The Labute approximate surface area is 213 Å². The standard InChI is InChI=1S/C28H25BrN2O3S/c1-18-6-12-22(13-7-18)35(33,34)31-25-5-3-2-4-23(25)24-14-15-30-26(19-8-10-20(29)11-9-19)16-21(32)17-27(30)28(24)31/h2-13,26-27H,14-17H2,1H3/t26-,27-/m0/s1. The van der Waals surface area contributed by atoms with Gasteiger partial charge in [-0.1, -0.05) is 64.0 Å². The van der Waals surface area contributed by atoms with Gasteiger partial charge in [0.05, 0.1) is 22.1 Å². The average molecular weight is 549 g/mol. The van der Waals surface area contributed by atoms with Gasteiger partial charge in [0.1, 0.15) is 5.78 Å². The van der Waals surface area contributed by atoms with Gasteiger partial charge in [0.2, 0.25) is 0 Å². The third kappa shape index (κ3) is 3.68. The molecule has 2 aliphatic rings. The van der Waals surface area contributed by atoms with Gasteiger partial charge in [-0.05, 0) is 54.8 Å². The quantitative estimate of drug-likeness (QED) is 0.317. The van der Waals surface area contributed by atoms with Crippen LogP contribution in [0.15, 0.2) is 82.2 Å². The SMILES string of the molecule is Cc1ccc(S(=O)(=O)n2c3c(c4ccccc42)CCN2[C@H](c4ccc(Br)cc4)CC(=O)C[C@@H]32)cc1. The highest BCUT2D eigenvalue weighted by atomic mass is 79.9. The largest absolute Gasteiger partial charge is 0.300 e. The molecule has 3 aromatic carbocycles. The summed E-state index contributed by atoms with van der Waals surface area (Å²) in [6.45, 7) is 2.72. The Morgan fingerprint density at radius 2 is 1.57 bits per heavy atom. The zero-order valence-electron chi connectivity index (χ0n) is 19.3. The molecule has 4 aromatic rings. The fourth-order valence-electron chi connectivity index (χ4n) is 5.74. The molecule has 0 spiro atoms. The molecule has 2 aliphatic heterocycles. The monoisotopic (exact) mass is 548 g/mol. The molecule has 1 saturated heterocycles. The number of fused-ring (bicyclic) bond motifs is 5. The van der Waals surface area contributed by atoms with Crippen molar-refractivity contribution in [3.63, 3.8) is 0 Å². The highest BCUT2D eigenvalue weighted by Gasteiger charge is 2.43. The van der Waals surface area contributed by atoms with E-state index in [4.69, 9.17) is 0 Å². The maximum atomic E-state index is 14.1. The number of para-hydroxylation sites is 1. The van der Waals surface area contributed by atoms with Crippen molar-refractivity contribution in [2.24, 2.45) is 0 Å². The number of hydrogen-bond acceptors (Lipinski definition) is 4. The molecule has 7 heteroatoms. The van der Waals surface area contributed by atoms with Crippen LogP contribution in [-0.2, 0) is 21.2 Å². The van der Waals surface area contributed by atoms with Crippen LogP contribution in [0.1, 0.15) is 47.3 Å². The van der Waals surface area contributed by atoms with Crippen molar-refractivity contribution in [1.29, 1.82) is 0 Å². The molecule has 0 saturated carbocycles. The van der Waals surface area contributed by atoms with Gasteiger partial charge in [0.15, 0.2) is 0 Å². The summed E-state index contributed by atoms with van der Waals surface area (Å²) in [5.74, 6) is 0.163. The second-order valence-corrected chi connectivity index (χ2v) is 12.2. The lowest BCUT2D eigenvalue weighted by Crippen LogP contribution is -2.44. The van der Waals surface area contributed by atoms with Gasteiger partial charge in [0.25, 0.3) is 10.0 Å². The summed E-state index contributed by atoms with van der Waals surface area (Å²) < 4.78 is 30.7. The minimum atomic E-state index is -3.86. The first-order chi connectivity index (χ1) is 16.8. The number of carbonyl (C=O) groups is 1. The molecule has 6 rings (SSSR count). The molecule has 0 N–H and O–H groups in total. The molecule has 0 unspecified atom stereocenters. The molecule has 0 amide bonds. The van der Waals surface area contributed by atoms with Crippen molar-refractivity contribution >= 4 is 42.6 Å². The van der Waals surface area contributed by atoms with E-state index in [9.17, 15) is 13.2 Å². The lowest BCUT2D eigenvalue weighted by atomic mass is 9.84. The first-order valence-corrected chi connectivity index (χ1v) is 14.1. The normalized spacial score (nSPS) is 20.6. The molecule has 5 nitrogen and oxygen atoms in total. The Balaban J connectivity index is 1.56. The summed E-state index contributed by atoms with van der Waals surface area (Å²) in [5.41, 5.74) is 4.55. The van der Waals surface area contributed by atoms with Crippen molar-refractivity contribution in [2.75, 3.05) is 6.54 Å². The summed E-state index contributed by atoms with van der Waals surface area (Å²) in [6.07, 6.45) is 1.50. The Morgan fingerprint density at radius 1 is 0.886 bits per heavy atom. The second kappa shape index (κ2) is 8.43. The van der Waals surface area contributed by atoms with Gasteiger partial charge < -0.3 is 0 Å². The zero-order chi connectivity index (χ0) is 24.3. The van der Waals surface area contributed by atoms with E-state index in [0.717, 1.165) is 45.2 Å². The first-order valence-electron chi connectivity index (χ1n) is 11.8. The molecule has 0 radical (unpaired) electrons. The lowest BCUT2D eigenvalue weighted by molar-refractivity contribution is -0.126. The highest BCUT2D eigenvalue weighted by molar-refractivity contribution is 9.10. The summed E-state index contributed by atoms with van der Waals surface area (Å²) >= 11 is 3.50. The van der Waals surface area contributed by atoms with E-state index < -0.39 is 10.0 Å². The Morgan fingerprint density at radius 3 is 2.31 bits per heavy atom. The number of carbonyl (C=O) groups excluding carboxylic acids is 1. The molecule has 0 aliphatic carbocycles. The van der Waals surface area contributed by atoms with Gasteiger partial charge in [-0.15, -0.1) is 0 Å². The van der Waals surface area contributed by atoms with Crippen molar-refractivity contribution < 1.29 is 13.2 Å².